The molecule has 260 valence electrons. The molecule has 0 amide bonds. The number of imidazole rings is 2. The molecule has 6 aromatic carbocycles. The molecule has 0 aliphatic rings. The van der Waals surface area contributed by atoms with Gasteiger partial charge in [-0.25, -0.2) is 9.97 Å². The summed E-state index contributed by atoms with van der Waals surface area (Å²) in [6.45, 7) is 0. The maximum absolute atomic E-state index is 14.2. The van der Waals surface area contributed by atoms with Crippen molar-refractivity contribution in [2.45, 2.75) is 0 Å². The van der Waals surface area contributed by atoms with Gasteiger partial charge in [0, 0.05) is 33.9 Å². The Balaban J connectivity index is 0.000000162. The molecule has 0 bridgehead atoms. The lowest BCUT2D eigenvalue weighted by atomic mass is 10.1. The van der Waals surface area contributed by atoms with Crippen LogP contribution in [0.5, 0.6) is 23.0 Å². The molecule has 0 atom stereocenters. The van der Waals surface area contributed by atoms with E-state index in [9.17, 15) is 17.6 Å². The Morgan fingerprint density at radius 1 is 0.423 bits per heavy atom. The first-order chi connectivity index (χ1) is 25.0. The molecule has 10 N–H and O–H groups in total. The lowest BCUT2D eigenvalue weighted by molar-refractivity contribution is 0.330. The fraction of sp³-hybridized carbons (Fsp3) is 0. The number of nitrogens with zero attached hydrogens (tertiary/aromatic N) is 2. The number of H-pyrrole nitrogens is 2. The summed E-state index contributed by atoms with van der Waals surface area (Å²) >= 11 is 0. The van der Waals surface area contributed by atoms with Crippen molar-refractivity contribution in [1.29, 1.82) is 0 Å². The van der Waals surface area contributed by atoms with Crippen molar-refractivity contribution in [2.75, 3.05) is 22.9 Å². The highest BCUT2D eigenvalue weighted by molar-refractivity contribution is 5.84. The van der Waals surface area contributed by atoms with E-state index in [2.05, 4.69) is 19.9 Å². The molecule has 14 heteroatoms. The van der Waals surface area contributed by atoms with Crippen molar-refractivity contribution in [3.05, 3.63) is 132 Å². The number of nitrogen functional groups attached to an aromatic ring is 4. The molecule has 10 nitrogen and oxygen atoms in total. The number of nitrogens with two attached hydrogens (primary N) is 4. The van der Waals surface area contributed by atoms with Crippen LogP contribution in [0.3, 0.4) is 0 Å². The summed E-state index contributed by atoms with van der Waals surface area (Å²) in [5.41, 5.74) is 30.5. The molecular formula is C38H28F4N8O2. The predicted molar refractivity (Wildman–Crippen MR) is 194 cm³/mol. The fourth-order valence-electron chi connectivity index (χ4n) is 5.19. The summed E-state index contributed by atoms with van der Waals surface area (Å²) in [7, 11) is 0. The Kier molecular flexibility index (Phi) is 8.70. The van der Waals surface area contributed by atoms with Gasteiger partial charge in [-0.05, 0) is 84.9 Å². The van der Waals surface area contributed by atoms with E-state index in [-0.39, 0.29) is 11.5 Å². The zero-order valence-electron chi connectivity index (χ0n) is 26.9. The molecule has 0 saturated heterocycles. The van der Waals surface area contributed by atoms with Crippen molar-refractivity contribution in [3.63, 3.8) is 0 Å². The van der Waals surface area contributed by atoms with Crippen molar-refractivity contribution >= 4 is 44.8 Å². The average molecular weight is 705 g/mol. The number of rotatable bonds is 6. The van der Waals surface area contributed by atoms with Crippen LogP contribution in [0.2, 0.25) is 0 Å². The smallest absolute Gasteiger partial charge is 0.208 e. The summed E-state index contributed by atoms with van der Waals surface area (Å²) in [4.78, 5) is 15.9. The van der Waals surface area contributed by atoms with Gasteiger partial charge in [-0.2, -0.15) is 17.6 Å². The second-order valence-corrected chi connectivity index (χ2v) is 11.6. The third-order valence-electron chi connectivity index (χ3n) is 7.83. The van der Waals surface area contributed by atoms with E-state index in [0.717, 1.165) is 44.8 Å². The van der Waals surface area contributed by atoms with E-state index in [1.165, 1.54) is 48.5 Å². The number of hydrogen-bond donors (Lipinski definition) is 6. The first-order valence-electron chi connectivity index (χ1n) is 15.6. The Hall–Kier alpha value is -7.22. The number of ether oxygens (including phenoxy) is 2. The van der Waals surface area contributed by atoms with E-state index < -0.39 is 34.8 Å². The summed E-state index contributed by atoms with van der Waals surface area (Å²) in [6, 6.07) is 30.2. The van der Waals surface area contributed by atoms with Gasteiger partial charge >= 0.3 is 0 Å². The number of aromatic nitrogens is 4. The third-order valence-corrected chi connectivity index (χ3v) is 7.83. The van der Waals surface area contributed by atoms with Crippen LogP contribution in [-0.4, -0.2) is 19.9 Å². The summed E-state index contributed by atoms with van der Waals surface area (Å²) in [6.07, 6.45) is 0. The quantitative estimate of drug-likeness (QED) is 0.0564. The molecule has 8 rings (SSSR count). The van der Waals surface area contributed by atoms with Gasteiger partial charge < -0.3 is 42.4 Å². The number of benzene rings is 6. The largest absolute Gasteiger partial charge is 0.451 e. The standard InChI is InChI=1S/C20H16N6.C18H12F4N2O2/c21-13-5-7-15-17(9-13)25-19(23-15)11-1-2-12(4-3-11)20-24-16-8-6-14(22)10-18(16)26-20;19-13-15(21)18(26-12-7-3-10(24)4-8-12)16(22)14(20)17(13)25-11-5-1-9(23)2-6-11/h1-10H,21-22H2,(H,23,25)(H,24,26);1-8H,23-24H2. The minimum absolute atomic E-state index is 0.0528. The SMILES string of the molecule is Nc1ccc(Oc2c(F)c(F)c(Oc3ccc(N)cc3)c(F)c2F)cc1.Nc1ccc2nc(-c3ccc(-c4nc5ccc(N)cc5[nH]4)cc3)[nH]c2c1. The van der Waals surface area contributed by atoms with Gasteiger partial charge in [-0.1, -0.05) is 24.3 Å². The van der Waals surface area contributed by atoms with Crippen LogP contribution >= 0.6 is 0 Å². The Morgan fingerprint density at radius 3 is 1.10 bits per heavy atom. The van der Waals surface area contributed by atoms with Crippen LogP contribution < -0.4 is 32.4 Å². The molecule has 8 aromatic rings. The van der Waals surface area contributed by atoms with E-state index >= 15 is 0 Å². The number of fused-ring (bicyclic) bond motifs is 2. The fourth-order valence-corrected chi connectivity index (χ4v) is 5.19. The van der Waals surface area contributed by atoms with Crippen LogP contribution in [0.15, 0.2) is 109 Å². The van der Waals surface area contributed by atoms with Gasteiger partial charge in [0.2, 0.25) is 34.8 Å². The summed E-state index contributed by atoms with van der Waals surface area (Å²) in [5, 5.41) is 0. The first kappa shape index (κ1) is 33.3. The molecule has 0 spiro atoms. The molecule has 0 aliphatic heterocycles. The minimum Gasteiger partial charge on any atom is -0.451 e. The summed E-state index contributed by atoms with van der Waals surface area (Å²) in [5.74, 6) is -7.85. The molecule has 0 radical (unpaired) electrons. The van der Waals surface area contributed by atoms with E-state index in [0.29, 0.717) is 22.7 Å². The summed E-state index contributed by atoms with van der Waals surface area (Å²) < 4.78 is 66.7. The van der Waals surface area contributed by atoms with Crippen molar-refractivity contribution in [3.8, 4) is 45.8 Å². The normalized spacial score (nSPS) is 11.0. The topological polar surface area (TPSA) is 180 Å². The van der Waals surface area contributed by atoms with Crippen molar-refractivity contribution < 1.29 is 27.0 Å². The molecule has 2 heterocycles. The van der Waals surface area contributed by atoms with Gasteiger partial charge in [0.15, 0.2) is 0 Å². The van der Waals surface area contributed by atoms with Crippen LogP contribution in [0.4, 0.5) is 40.3 Å². The highest BCUT2D eigenvalue weighted by Crippen LogP contribution is 2.39. The molecule has 0 aliphatic carbocycles. The predicted octanol–water partition coefficient (Wildman–Crippen LogP) is 8.93. The number of hydrogen-bond acceptors (Lipinski definition) is 8. The lowest BCUT2D eigenvalue weighted by Gasteiger charge is -2.13. The van der Waals surface area contributed by atoms with Crippen molar-refractivity contribution in [2.24, 2.45) is 0 Å². The van der Waals surface area contributed by atoms with Gasteiger partial charge in [0.05, 0.1) is 22.1 Å². The van der Waals surface area contributed by atoms with Gasteiger partial charge in [-0.3, -0.25) is 0 Å². The Labute approximate surface area is 292 Å². The number of halogens is 4. The molecular weight excluding hydrogens is 676 g/mol. The highest BCUT2D eigenvalue weighted by atomic mass is 19.2. The van der Waals surface area contributed by atoms with E-state index in [1.807, 2.05) is 60.7 Å². The number of nitrogens with one attached hydrogen (secondary N) is 2. The minimum atomic E-state index is -1.73. The van der Waals surface area contributed by atoms with Gasteiger partial charge in [0.1, 0.15) is 23.1 Å². The van der Waals surface area contributed by atoms with Crippen LogP contribution in [-0.2, 0) is 0 Å². The number of aromatic amines is 2. The first-order valence-corrected chi connectivity index (χ1v) is 15.6. The molecule has 0 fully saturated rings. The van der Waals surface area contributed by atoms with Crippen LogP contribution in [0.25, 0.3) is 44.8 Å². The zero-order chi connectivity index (χ0) is 36.5. The maximum atomic E-state index is 14.2. The Bertz CT molecular complexity index is 2350. The van der Waals surface area contributed by atoms with Crippen LogP contribution in [0, 0.1) is 23.3 Å². The number of anilines is 4. The second kappa shape index (κ2) is 13.6. The lowest BCUT2D eigenvalue weighted by Crippen LogP contribution is -2.04. The molecule has 0 unspecified atom stereocenters. The van der Waals surface area contributed by atoms with E-state index in [4.69, 9.17) is 32.4 Å². The Morgan fingerprint density at radius 2 is 0.750 bits per heavy atom. The zero-order valence-corrected chi connectivity index (χ0v) is 26.9. The average Bonchev–Trinajstić information content (AvgIpc) is 3.77. The van der Waals surface area contributed by atoms with E-state index in [1.54, 1.807) is 0 Å². The second-order valence-electron chi connectivity index (χ2n) is 11.6. The molecule has 2 aromatic heterocycles. The van der Waals surface area contributed by atoms with Gasteiger partial charge in [0.25, 0.3) is 0 Å². The van der Waals surface area contributed by atoms with Crippen LogP contribution in [0.1, 0.15) is 0 Å². The van der Waals surface area contributed by atoms with Crippen molar-refractivity contribution in [1.82, 2.24) is 19.9 Å². The maximum Gasteiger partial charge on any atom is 0.208 e. The molecule has 0 saturated carbocycles. The highest BCUT2D eigenvalue weighted by Gasteiger charge is 2.29. The third kappa shape index (κ3) is 6.80. The van der Waals surface area contributed by atoms with Gasteiger partial charge in [-0.15, -0.1) is 0 Å². The monoisotopic (exact) mass is 704 g/mol. The molecule has 52 heavy (non-hydrogen) atoms.